The summed E-state index contributed by atoms with van der Waals surface area (Å²) in [5, 5.41) is 0. The number of rotatable bonds is 4. The maximum atomic E-state index is 6.36. The summed E-state index contributed by atoms with van der Waals surface area (Å²) in [4.78, 5) is 3.70. The van der Waals surface area contributed by atoms with Crippen molar-refractivity contribution in [3.8, 4) is 0 Å². The van der Waals surface area contributed by atoms with E-state index in [9.17, 15) is 0 Å². The molecule has 0 amide bonds. The molecular formula is C14H23ClN2S. The van der Waals surface area contributed by atoms with E-state index in [4.69, 9.17) is 17.3 Å². The van der Waals surface area contributed by atoms with Crippen LogP contribution in [-0.4, -0.2) is 24.5 Å². The second-order valence-corrected chi connectivity index (χ2v) is 8.02. The van der Waals surface area contributed by atoms with Gasteiger partial charge < -0.3 is 10.6 Å². The van der Waals surface area contributed by atoms with Crippen molar-refractivity contribution in [2.24, 2.45) is 17.1 Å². The molecule has 2 unspecified atom stereocenters. The predicted octanol–water partition coefficient (Wildman–Crippen LogP) is 3.60. The second-order valence-electron chi connectivity index (χ2n) is 6.22. The molecule has 102 valence electrons. The molecule has 1 fully saturated rings. The fraction of sp³-hybridized carbons (Fsp3) is 0.714. The summed E-state index contributed by atoms with van der Waals surface area (Å²) < 4.78 is 0.872. The van der Waals surface area contributed by atoms with E-state index in [2.05, 4.69) is 31.9 Å². The van der Waals surface area contributed by atoms with Crippen LogP contribution in [0.4, 0.5) is 0 Å². The van der Waals surface area contributed by atoms with E-state index in [1.165, 1.54) is 17.7 Å². The monoisotopic (exact) mass is 286 g/mol. The first-order valence-corrected chi connectivity index (χ1v) is 7.76. The average molecular weight is 287 g/mol. The lowest BCUT2D eigenvalue weighted by atomic mass is 9.85. The first kappa shape index (κ1) is 14.3. The molecule has 0 saturated heterocycles. The van der Waals surface area contributed by atoms with Gasteiger partial charge in [-0.1, -0.05) is 25.4 Å². The molecule has 2 N–H and O–H groups in total. The zero-order valence-electron chi connectivity index (χ0n) is 11.4. The number of hydrogen-bond acceptors (Lipinski definition) is 3. The van der Waals surface area contributed by atoms with Crippen LogP contribution in [0.5, 0.6) is 0 Å². The van der Waals surface area contributed by atoms with Gasteiger partial charge >= 0.3 is 0 Å². The molecule has 0 bridgehead atoms. The first-order valence-electron chi connectivity index (χ1n) is 6.57. The molecule has 1 aliphatic carbocycles. The Morgan fingerprint density at radius 1 is 1.50 bits per heavy atom. The van der Waals surface area contributed by atoms with Crippen molar-refractivity contribution >= 4 is 22.9 Å². The van der Waals surface area contributed by atoms with E-state index in [0.29, 0.717) is 17.4 Å². The van der Waals surface area contributed by atoms with Crippen LogP contribution in [0.2, 0.25) is 4.34 Å². The van der Waals surface area contributed by atoms with Gasteiger partial charge in [0.15, 0.2) is 0 Å². The summed E-state index contributed by atoms with van der Waals surface area (Å²) in [6.07, 6.45) is 2.50. The van der Waals surface area contributed by atoms with Crippen LogP contribution in [0.3, 0.4) is 0 Å². The van der Waals surface area contributed by atoms with Crippen LogP contribution in [0.15, 0.2) is 12.1 Å². The third-order valence-corrected chi connectivity index (χ3v) is 5.39. The third kappa shape index (κ3) is 3.27. The number of nitrogens with two attached hydrogens (primary N) is 1. The van der Waals surface area contributed by atoms with Gasteiger partial charge in [0.2, 0.25) is 0 Å². The Kier molecular flexibility index (Phi) is 4.37. The molecular weight excluding hydrogens is 264 g/mol. The van der Waals surface area contributed by atoms with E-state index >= 15 is 0 Å². The van der Waals surface area contributed by atoms with Crippen LogP contribution in [0, 0.1) is 11.3 Å². The van der Waals surface area contributed by atoms with Gasteiger partial charge in [-0.25, -0.2) is 0 Å². The van der Waals surface area contributed by atoms with Gasteiger partial charge in [0, 0.05) is 24.0 Å². The highest BCUT2D eigenvalue weighted by molar-refractivity contribution is 7.16. The van der Waals surface area contributed by atoms with Crippen molar-refractivity contribution in [3.63, 3.8) is 0 Å². The van der Waals surface area contributed by atoms with E-state index in [1.54, 1.807) is 11.3 Å². The fourth-order valence-corrected chi connectivity index (χ4v) is 4.08. The molecule has 1 aliphatic rings. The van der Waals surface area contributed by atoms with Gasteiger partial charge in [-0.2, -0.15) is 0 Å². The number of thiophene rings is 1. The van der Waals surface area contributed by atoms with Crippen LogP contribution >= 0.6 is 22.9 Å². The van der Waals surface area contributed by atoms with Gasteiger partial charge in [0.25, 0.3) is 0 Å². The minimum atomic E-state index is 0.303. The molecule has 18 heavy (non-hydrogen) atoms. The molecule has 1 heterocycles. The van der Waals surface area contributed by atoms with E-state index in [-0.39, 0.29) is 0 Å². The minimum absolute atomic E-state index is 0.303. The normalized spacial score (nSPS) is 27.0. The Balaban J connectivity index is 1.87. The Bertz CT molecular complexity index is 402. The lowest BCUT2D eigenvalue weighted by molar-refractivity contribution is 0.230. The van der Waals surface area contributed by atoms with Crippen molar-refractivity contribution in [3.05, 3.63) is 21.3 Å². The molecule has 1 aromatic heterocycles. The van der Waals surface area contributed by atoms with Crippen LogP contribution in [0.25, 0.3) is 0 Å². The predicted molar refractivity (Wildman–Crippen MR) is 80.1 cm³/mol. The largest absolute Gasteiger partial charge is 0.327 e. The SMILES string of the molecule is CN(Cc1ccc(Cl)s1)CC1CCC(C)(C)C1N. The molecule has 0 spiro atoms. The van der Waals surface area contributed by atoms with Crippen LogP contribution in [-0.2, 0) is 6.54 Å². The molecule has 2 rings (SSSR count). The first-order chi connectivity index (χ1) is 8.38. The van der Waals surface area contributed by atoms with Crippen molar-refractivity contribution in [1.82, 2.24) is 4.90 Å². The summed E-state index contributed by atoms with van der Waals surface area (Å²) >= 11 is 7.62. The van der Waals surface area contributed by atoms with Crippen molar-refractivity contribution < 1.29 is 0 Å². The molecule has 4 heteroatoms. The smallest absolute Gasteiger partial charge is 0.0931 e. The number of halogens is 1. The Morgan fingerprint density at radius 3 is 2.72 bits per heavy atom. The summed E-state index contributed by atoms with van der Waals surface area (Å²) in [6, 6.07) is 4.41. The fourth-order valence-electron chi connectivity index (χ4n) is 2.91. The van der Waals surface area contributed by atoms with E-state index in [1.807, 2.05) is 6.07 Å². The maximum absolute atomic E-state index is 6.36. The summed E-state index contributed by atoms with van der Waals surface area (Å²) in [5.41, 5.74) is 6.66. The highest BCUT2D eigenvalue weighted by Crippen LogP contribution is 2.40. The standard InChI is InChI=1S/C14H23ClN2S/c1-14(2)7-6-10(13(14)16)8-17(3)9-11-4-5-12(15)18-11/h4-5,10,13H,6-9,16H2,1-3H3. The molecule has 2 nitrogen and oxygen atoms in total. The van der Waals surface area contributed by atoms with Gasteiger partial charge in [-0.15, -0.1) is 11.3 Å². The van der Waals surface area contributed by atoms with Gasteiger partial charge in [-0.05, 0) is 43.4 Å². The topological polar surface area (TPSA) is 29.3 Å². The molecule has 1 saturated carbocycles. The van der Waals surface area contributed by atoms with E-state index < -0.39 is 0 Å². The maximum Gasteiger partial charge on any atom is 0.0931 e. The lowest BCUT2D eigenvalue weighted by Gasteiger charge is -2.29. The zero-order chi connectivity index (χ0) is 13.3. The van der Waals surface area contributed by atoms with Gasteiger partial charge in [0.05, 0.1) is 4.34 Å². The molecule has 0 aromatic carbocycles. The Morgan fingerprint density at radius 2 is 2.22 bits per heavy atom. The highest BCUT2D eigenvalue weighted by atomic mass is 35.5. The van der Waals surface area contributed by atoms with Gasteiger partial charge in [-0.3, -0.25) is 0 Å². The van der Waals surface area contributed by atoms with Gasteiger partial charge in [0.1, 0.15) is 0 Å². The average Bonchev–Trinajstić information content (AvgIpc) is 2.78. The molecule has 0 aliphatic heterocycles. The Hall–Kier alpha value is -0.0900. The quantitative estimate of drug-likeness (QED) is 0.916. The molecule has 0 radical (unpaired) electrons. The number of hydrogen-bond donors (Lipinski definition) is 1. The summed E-state index contributed by atoms with van der Waals surface area (Å²) in [7, 11) is 2.17. The van der Waals surface area contributed by atoms with Crippen molar-refractivity contribution in [2.45, 2.75) is 39.3 Å². The Labute approximate surface area is 119 Å². The van der Waals surface area contributed by atoms with Crippen molar-refractivity contribution in [1.29, 1.82) is 0 Å². The zero-order valence-corrected chi connectivity index (χ0v) is 13.0. The summed E-state index contributed by atoms with van der Waals surface area (Å²) in [5.74, 6) is 0.625. The van der Waals surface area contributed by atoms with Crippen LogP contribution in [0.1, 0.15) is 31.6 Å². The summed E-state index contributed by atoms with van der Waals surface area (Å²) in [6.45, 7) is 6.63. The lowest BCUT2D eigenvalue weighted by Crippen LogP contribution is -2.41. The highest BCUT2D eigenvalue weighted by Gasteiger charge is 2.39. The third-order valence-electron chi connectivity index (χ3n) is 4.17. The second kappa shape index (κ2) is 5.49. The van der Waals surface area contributed by atoms with E-state index in [0.717, 1.165) is 17.4 Å². The minimum Gasteiger partial charge on any atom is -0.327 e. The molecule has 1 aromatic rings. The number of nitrogens with zero attached hydrogens (tertiary/aromatic N) is 1. The molecule has 2 atom stereocenters. The van der Waals surface area contributed by atoms with Crippen molar-refractivity contribution in [2.75, 3.05) is 13.6 Å². The van der Waals surface area contributed by atoms with Crippen LogP contribution < -0.4 is 5.73 Å².